The lowest BCUT2D eigenvalue weighted by Crippen LogP contribution is -2.48. The number of nitrogens with zero attached hydrogens (tertiary/aromatic N) is 1. The number of rotatable bonds is 7. The topological polar surface area (TPSA) is 119 Å². The van der Waals surface area contributed by atoms with E-state index in [1.165, 1.54) is 0 Å². The predicted octanol–water partition coefficient (Wildman–Crippen LogP) is 0.802. The first-order chi connectivity index (χ1) is 10.3. The molecule has 0 aromatic carbocycles. The molecule has 0 aromatic rings. The van der Waals surface area contributed by atoms with Crippen molar-refractivity contribution >= 4 is 17.8 Å². The van der Waals surface area contributed by atoms with Crippen LogP contribution >= 0.6 is 0 Å². The van der Waals surface area contributed by atoms with Crippen molar-refractivity contribution in [1.29, 1.82) is 5.26 Å². The van der Waals surface area contributed by atoms with E-state index in [1.807, 2.05) is 19.9 Å². The molecular weight excluding hydrogens is 286 g/mol. The number of nitriles is 1. The summed E-state index contributed by atoms with van der Waals surface area (Å²) in [6.45, 7) is 3.41. The zero-order valence-corrected chi connectivity index (χ0v) is 13.0. The molecule has 1 rings (SSSR count). The SMILES string of the molecule is CC(C)C[C@H](NC(=O)CNC(=O)C1(C#N)CCCC1)C(=O)O. The van der Waals surface area contributed by atoms with E-state index in [-0.39, 0.29) is 12.5 Å². The maximum absolute atomic E-state index is 12.1. The van der Waals surface area contributed by atoms with Crippen molar-refractivity contribution in [2.75, 3.05) is 6.54 Å². The standard InChI is InChI=1S/C15H23N3O4/c1-10(2)7-11(13(20)21)18-12(19)8-17-14(22)15(9-16)5-3-4-6-15/h10-11H,3-8H2,1-2H3,(H,17,22)(H,18,19)(H,20,21)/t11-/m0/s1. The van der Waals surface area contributed by atoms with Crippen LogP contribution in [0.3, 0.4) is 0 Å². The Bertz CT molecular complexity index is 476. The number of carboxylic acid groups (broad SMARTS) is 1. The molecule has 0 radical (unpaired) electrons. The van der Waals surface area contributed by atoms with Crippen LogP contribution < -0.4 is 10.6 Å². The monoisotopic (exact) mass is 309 g/mol. The van der Waals surface area contributed by atoms with Crippen molar-refractivity contribution in [2.24, 2.45) is 11.3 Å². The second kappa shape index (κ2) is 7.78. The van der Waals surface area contributed by atoms with Gasteiger partial charge in [0.1, 0.15) is 11.5 Å². The maximum Gasteiger partial charge on any atom is 0.326 e. The lowest BCUT2D eigenvalue weighted by molar-refractivity contribution is -0.142. The summed E-state index contributed by atoms with van der Waals surface area (Å²) in [5.74, 6) is -1.99. The molecule has 1 aliphatic carbocycles. The molecular formula is C15H23N3O4. The molecule has 7 nitrogen and oxygen atoms in total. The Balaban J connectivity index is 2.50. The van der Waals surface area contributed by atoms with E-state index in [1.54, 1.807) is 0 Å². The predicted molar refractivity (Wildman–Crippen MR) is 78.5 cm³/mol. The van der Waals surface area contributed by atoms with E-state index in [2.05, 4.69) is 10.6 Å². The summed E-state index contributed by atoms with van der Waals surface area (Å²) in [6, 6.07) is 1.08. The highest BCUT2D eigenvalue weighted by atomic mass is 16.4. The average molecular weight is 309 g/mol. The fraction of sp³-hybridized carbons (Fsp3) is 0.733. The first-order valence-electron chi connectivity index (χ1n) is 7.52. The van der Waals surface area contributed by atoms with Crippen molar-refractivity contribution in [1.82, 2.24) is 10.6 Å². The molecule has 122 valence electrons. The van der Waals surface area contributed by atoms with Crippen molar-refractivity contribution in [3.63, 3.8) is 0 Å². The number of carboxylic acids is 1. The third-order valence-corrected chi connectivity index (χ3v) is 3.86. The zero-order valence-electron chi connectivity index (χ0n) is 13.0. The highest BCUT2D eigenvalue weighted by Gasteiger charge is 2.41. The summed E-state index contributed by atoms with van der Waals surface area (Å²) < 4.78 is 0. The van der Waals surface area contributed by atoms with Gasteiger partial charge in [-0.15, -0.1) is 0 Å². The van der Waals surface area contributed by atoms with Crippen LogP contribution in [0.2, 0.25) is 0 Å². The fourth-order valence-electron chi connectivity index (χ4n) is 2.64. The highest BCUT2D eigenvalue weighted by Crippen LogP contribution is 2.37. The van der Waals surface area contributed by atoms with Gasteiger partial charge < -0.3 is 15.7 Å². The van der Waals surface area contributed by atoms with Crippen LogP contribution in [-0.4, -0.2) is 35.5 Å². The summed E-state index contributed by atoms with van der Waals surface area (Å²) in [4.78, 5) is 34.9. The molecule has 0 saturated heterocycles. The van der Waals surface area contributed by atoms with E-state index in [9.17, 15) is 19.6 Å². The summed E-state index contributed by atoms with van der Waals surface area (Å²) in [5.41, 5.74) is -1.04. The van der Waals surface area contributed by atoms with Crippen LogP contribution in [0, 0.1) is 22.7 Å². The van der Waals surface area contributed by atoms with Gasteiger partial charge in [-0.05, 0) is 25.2 Å². The number of nitrogens with one attached hydrogen (secondary N) is 2. The summed E-state index contributed by atoms with van der Waals surface area (Å²) in [5, 5.41) is 23.1. The van der Waals surface area contributed by atoms with E-state index in [4.69, 9.17) is 5.11 Å². The van der Waals surface area contributed by atoms with E-state index in [0.717, 1.165) is 12.8 Å². The Kier molecular flexibility index (Phi) is 6.35. The Labute approximate surface area is 130 Å². The average Bonchev–Trinajstić information content (AvgIpc) is 2.93. The molecule has 7 heteroatoms. The quantitative estimate of drug-likeness (QED) is 0.642. The van der Waals surface area contributed by atoms with Crippen molar-refractivity contribution < 1.29 is 19.5 Å². The largest absolute Gasteiger partial charge is 0.480 e. The molecule has 0 bridgehead atoms. The molecule has 0 aliphatic heterocycles. The van der Waals surface area contributed by atoms with Crippen LogP contribution in [0.25, 0.3) is 0 Å². The molecule has 0 heterocycles. The minimum Gasteiger partial charge on any atom is -0.480 e. The fourth-order valence-corrected chi connectivity index (χ4v) is 2.64. The van der Waals surface area contributed by atoms with Crippen LogP contribution in [0.15, 0.2) is 0 Å². The molecule has 1 fully saturated rings. The first kappa shape index (κ1) is 18.0. The highest BCUT2D eigenvalue weighted by molar-refractivity contribution is 5.91. The number of carbonyl (C=O) groups excluding carboxylic acids is 2. The van der Waals surface area contributed by atoms with Crippen LogP contribution in [0.4, 0.5) is 0 Å². The second-order valence-corrected chi connectivity index (χ2v) is 6.17. The summed E-state index contributed by atoms with van der Waals surface area (Å²) in [6.07, 6.45) is 2.96. The summed E-state index contributed by atoms with van der Waals surface area (Å²) >= 11 is 0. The smallest absolute Gasteiger partial charge is 0.326 e. The molecule has 0 spiro atoms. The Morgan fingerprint density at radius 3 is 2.32 bits per heavy atom. The van der Waals surface area contributed by atoms with Crippen molar-refractivity contribution in [3.05, 3.63) is 0 Å². The van der Waals surface area contributed by atoms with Gasteiger partial charge >= 0.3 is 5.97 Å². The van der Waals surface area contributed by atoms with E-state index >= 15 is 0 Å². The molecule has 3 N–H and O–H groups in total. The van der Waals surface area contributed by atoms with Gasteiger partial charge in [0.2, 0.25) is 11.8 Å². The van der Waals surface area contributed by atoms with Gasteiger partial charge in [0, 0.05) is 0 Å². The number of aliphatic carboxylic acids is 1. The van der Waals surface area contributed by atoms with Crippen LogP contribution in [0.1, 0.15) is 46.0 Å². The van der Waals surface area contributed by atoms with E-state index in [0.29, 0.717) is 19.3 Å². The summed E-state index contributed by atoms with van der Waals surface area (Å²) in [7, 11) is 0. The third-order valence-electron chi connectivity index (χ3n) is 3.86. The minimum atomic E-state index is -1.10. The lowest BCUT2D eigenvalue weighted by atomic mass is 9.87. The first-order valence-corrected chi connectivity index (χ1v) is 7.52. The number of hydrogen-bond acceptors (Lipinski definition) is 4. The van der Waals surface area contributed by atoms with Gasteiger partial charge in [0.05, 0.1) is 12.6 Å². The van der Waals surface area contributed by atoms with E-state index < -0.39 is 29.2 Å². The zero-order chi connectivity index (χ0) is 16.8. The molecule has 1 saturated carbocycles. The van der Waals surface area contributed by atoms with Gasteiger partial charge in [-0.1, -0.05) is 26.7 Å². The molecule has 0 aromatic heterocycles. The van der Waals surface area contributed by atoms with Crippen molar-refractivity contribution in [2.45, 2.75) is 52.0 Å². The Morgan fingerprint density at radius 1 is 1.27 bits per heavy atom. The molecule has 22 heavy (non-hydrogen) atoms. The maximum atomic E-state index is 12.1. The van der Waals surface area contributed by atoms with Crippen LogP contribution in [-0.2, 0) is 14.4 Å². The third kappa shape index (κ3) is 4.72. The Morgan fingerprint density at radius 2 is 1.86 bits per heavy atom. The Hall–Kier alpha value is -2.10. The van der Waals surface area contributed by atoms with Crippen molar-refractivity contribution in [3.8, 4) is 6.07 Å². The number of hydrogen-bond donors (Lipinski definition) is 3. The molecule has 1 atom stereocenters. The lowest BCUT2D eigenvalue weighted by Gasteiger charge is -2.20. The second-order valence-electron chi connectivity index (χ2n) is 6.17. The normalized spacial score (nSPS) is 17.5. The molecule has 1 aliphatic rings. The molecule has 2 amide bonds. The number of amides is 2. The van der Waals surface area contributed by atoms with Crippen LogP contribution in [0.5, 0.6) is 0 Å². The minimum absolute atomic E-state index is 0.122. The van der Waals surface area contributed by atoms with Gasteiger partial charge in [-0.25, -0.2) is 4.79 Å². The van der Waals surface area contributed by atoms with Gasteiger partial charge in [-0.2, -0.15) is 5.26 Å². The van der Waals surface area contributed by atoms with Gasteiger partial charge in [0.15, 0.2) is 0 Å². The molecule has 0 unspecified atom stereocenters. The van der Waals surface area contributed by atoms with Gasteiger partial charge in [-0.3, -0.25) is 9.59 Å². The van der Waals surface area contributed by atoms with Gasteiger partial charge in [0.25, 0.3) is 0 Å². The number of carbonyl (C=O) groups is 3.